The highest BCUT2D eigenvalue weighted by molar-refractivity contribution is 5.85. The van der Waals surface area contributed by atoms with Crippen molar-refractivity contribution in [1.29, 1.82) is 0 Å². The summed E-state index contributed by atoms with van der Waals surface area (Å²) in [5, 5.41) is 10.4. The number of unbranched alkanes of at least 4 members (excludes halogenated alkanes) is 10. The number of carboxylic acids is 1. The molecule has 0 atom stereocenters. The maximum Gasteiger partial charge on any atom is 0.303 e. The highest BCUT2D eigenvalue weighted by atomic mass is 35.5. The summed E-state index contributed by atoms with van der Waals surface area (Å²) in [6, 6.07) is 0. The Kier molecular flexibility index (Phi) is 29.6. The largest absolute Gasteiger partial charge is 0.481 e. The van der Waals surface area contributed by atoms with E-state index in [-0.39, 0.29) is 12.4 Å². The lowest BCUT2D eigenvalue weighted by Crippen LogP contribution is -2.30. The van der Waals surface area contributed by atoms with Crippen molar-refractivity contribution in [3.05, 3.63) is 0 Å². The van der Waals surface area contributed by atoms with Crippen molar-refractivity contribution in [2.45, 2.75) is 97.3 Å². The zero-order chi connectivity index (χ0) is 17.8. The zero-order valence-corrected chi connectivity index (χ0v) is 17.4. The number of hydrazine groups is 1. The van der Waals surface area contributed by atoms with Crippen LogP contribution < -0.4 is 5.43 Å². The highest BCUT2D eigenvalue weighted by Gasteiger charge is 1.96. The van der Waals surface area contributed by atoms with Gasteiger partial charge in [0.1, 0.15) is 0 Å². The van der Waals surface area contributed by atoms with Crippen LogP contribution in [-0.2, 0) is 4.79 Å². The molecule has 0 radical (unpaired) electrons. The minimum absolute atomic E-state index is 0. The molecule has 2 N–H and O–H groups in total. The third-order valence-corrected chi connectivity index (χ3v) is 3.67. The number of hydrogen-bond acceptors (Lipinski definition) is 3. The van der Waals surface area contributed by atoms with E-state index >= 15 is 0 Å². The topological polar surface area (TPSA) is 52.6 Å². The first-order valence-electron chi connectivity index (χ1n) is 9.67. The summed E-state index contributed by atoms with van der Waals surface area (Å²) >= 11 is 0. The van der Waals surface area contributed by atoms with Crippen molar-refractivity contribution in [2.24, 2.45) is 0 Å². The Morgan fingerprint density at radius 2 is 1.21 bits per heavy atom. The Morgan fingerprint density at radius 1 is 0.792 bits per heavy atom. The molecule has 0 aromatic heterocycles. The number of hydrogen-bond donors (Lipinski definition) is 2. The summed E-state index contributed by atoms with van der Waals surface area (Å²) in [4.78, 5) is 10.3. The molecule has 0 aliphatic carbocycles. The molecule has 0 saturated heterocycles. The Labute approximate surface area is 157 Å². The lowest BCUT2D eigenvalue weighted by Gasteiger charge is -2.08. The molecule has 0 aliphatic heterocycles. The fraction of sp³-hybridized carbons (Fsp3) is 0.947. The summed E-state index contributed by atoms with van der Waals surface area (Å²) in [5.41, 5.74) is 3.13. The SMILES string of the molecule is CCCCCCCCCCCCCC(=O)O.CCCNN(C)C.Cl. The molecule has 0 heterocycles. The summed E-state index contributed by atoms with van der Waals surface area (Å²) < 4.78 is 0. The van der Waals surface area contributed by atoms with E-state index in [0.29, 0.717) is 6.42 Å². The first-order chi connectivity index (χ1) is 11.0. The smallest absolute Gasteiger partial charge is 0.303 e. The number of halogens is 1. The van der Waals surface area contributed by atoms with Gasteiger partial charge in [0.25, 0.3) is 0 Å². The summed E-state index contributed by atoms with van der Waals surface area (Å²) in [5.74, 6) is -0.657. The first kappa shape index (κ1) is 28.5. The van der Waals surface area contributed by atoms with Gasteiger partial charge in [-0.3, -0.25) is 15.2 Å². The van der Waals surface area contributed by atoms with E-state index in [1.54, 1.807) is 0 Å². The predicted molar refractivity (Wildman–Crippen MR) is 108 cm³/mol. The number of aliphatic carboxylic acids is 1. The Bertz CT molecular complexity index is 239. The van der Waals surface area contributed by atoms with E-state index in [1.807, 2.05) is 19.1 Å². The van der Waals surface area contributed by atoms with Crippen LogP contribution in [0, 0.1) is 0 Å². The number of carbonyl (C=O) groups is 1. The molecule has 0 aromatic carbocycles. The Hall–Kier alpha value is -0.320. The molecule has 0 aromatic rings. The van der Waals surface area contributed by atoms with Gasteiger partial charge < -0.3 is 5.11 Å². The van der Waals surface area contributed by atoms with Crippen LogP contribution in [0.25, 0.3) is 0 Å². The van der Waals surface area contributed by atoms with E-state index in [4.69, 9.17) is 5.11 Å². The van der Waals surface area contributed by atoms with Crippen LogP contribution >= 0.6 is 12.4 Å². The normalized spacial score (nSPS) is 10.0. The second-order valence-electron chi connectivity index (χ2n) is 6.48. The van der Waals surface area contributed by atoms with Crippen LogP contribution in [0.15, 0.2) is 0 Å². The van der Waals surface area contributed by atoms with Crippen molar-refractivity contribution in [2.75, 3.05) is 20.6 Å². The molecular weight excluding hydrogens is 324 g/mol. The van der Waals surface area contributed by atoms with Gasteiger partial charge in [0.15, 0.2) is 0 Å². The van der Waals surface area contributed by atoms with Crippen molar-refractivity contribution in [3.8, 4) is 0 Å². The molecule has 0 aliphatic rings. The fourth-order valence-electron chi connectivity index (χ4n) is 2.28. The lowest BCUT2D eigenvalue weighted by molar-refractivity contribution is -0.137. The lowest BCUT2D eigenvalue weighted by atomic mass is 10.1. The monoisotopic (exact) mass is 366 g/mol. The van der Waals surface area contributed by atoms with Crippen LogP contribution in [-0.4, -0.2) is 36.7 Å². The number of rotatable bonds is 15. The van der Waals surface area contributed by atoms with E-state index < -0.39 is 5.97 Å². The van der Waals surface area contributed by atoms with Gasteiger partial charge >= 0.3 is 5.97 Å². The molecule has 0 rings (SSSR count). The van der Waals surface area contributed by atoms with Crippen LogP contribution in [0.2, 0.25) is 0 Å². The van der Waals surface area contributed by atoms with Gasteiger partial charge in [-0.15, -0.1) is 12.4 Å². The van der Waals surface area contributed by atoms with Gasteiger partial charge in [0, 0.05) is 27.1 Å². The molecular formula is C19H43ClN2O2. The van der Waals surface area contributed by atoms with Gasteiger partial charge in [-0.25, -0.2) is 0 Å². The first-order valence-corrected chi connectivity index (χ1v) is 9.67. The third-order valence-electron chi connectivity index (χ3n) is 3.67. The number of carboxylic acid groups (broad SMARTS) is 1. The molecule has 0 unspecified atom stereocenters. The van der Waals surface area contributed by atoms with Crippen LogP contribution in [0.1, 0.15) is 97.3 Å². The zero-order valence-electron chi connectivity index (χ0n) is 16.6. The van der Waals surface area contributed by atoms with E-state index in [1.165, 1.54) is 64.2 Å². The van der Waals surface area contributed by atoms with Crippen molar-refractivity contribution in [3.63, 3.8) is 0 Å². The molecule has 148 valence electrons. The van der Waals surface area contributed by atoms with Gasteiger partial charge in [-0.1, -0.05) is 78.1 Å². The molecule has 4 nitrogen and oxygen atoms in total. The molecule has 0 fully saturated rings. The third kappa shape index (κ3) is 33.3. The summed E-state index contributed by atoms with van der Waals surface area (Å²) in [7, 11) is 3.99. The maximum atomic E-state index is 10.3. The quantitative estimate of drug-likeness (QED) is 0.290. The van der Waals surface area contributed by atoms with E-state index in [2.05, 4.69) is 19.3 Å². The molecule has 0 saturated carbocycles. The highest BCUT2D eigenvalue weighted by Crippen LogP contribution is 2.11. The predicted octanol–water partition coefficient (Wildman–Crippen LogP) is 5.66. The minimum Gasteiger partial charge on any atom is -0.481 e. The van der Waals surface area contributed by atoms with Crippen LogP contribution in [0.4, 0.5) is 0 Å². The van der Waals surface area contributed by atoms with Gasteiger partial charge in [-0.2, -0.15) is 0 Å². The van der Waals surface area contributed by atoms with Gasteiger partial charge in [-0.05, 0) is 12.8 Å². The molecule has 5 heteroatoms. The molecule has 24 heavy (non-hydrogen) atoms. The van der Waals surface area contributed by atoms with Crippen molar-refractivity contribution in [1.82, 2.24) is 10.4 Å². The summed E-state index contributed by atoms with van der Waals surface area (Å²) in [6.07, 6.45) is 15.6. The second-order valence-corrected chi connectivity index (χ2v) is 6.48. The van der Waals surface area contributed by atoms with Gasteiger partial charge in [0.2, 0.25) is 0 Å². The second kappa shape index (κ2) is 24.9. The average molecular weight is 367 g/mol. The van der Waals surface area contributed by atoms with Crippen LogP contribution in [0.3, 0.4) is 0 Å². The number of nitrogens with zero attached hydrogens (tertiary/aromatic N) is 1. The Balaban J connectivity index is -0.000000468. The van der Waals surface area contributed by atoms with Crippen molar-refractivity contribution < 1.29 is 9.90 Å². The minimum atomic E-state index is -0.657. The van der Waals surface area contributed by atoms with E-state index in [9.17, 15) is 4.79 Å². The van der Waals surface area contributed by atoms with Gasteiger partial charge in [0.05, 0.1) is 0 Å². The summed E-state index contributed by atoms with van der Waals surface area (Å²) in [6.45, 7) is 5.47. The maximum absolute atomic E-state index is 10.3. The fourth-order valence-corrected chi connectivity index (χ4v) is 2.28. The average Bonchev–Trinajstić information content (AvgIpc) is 2.51. The molecule has 0 bridgehead atoms. The number of nitrogens with one attached hydrogen (secondary N) is 1. The molecule has 0 spiro atoms. The Morgan fingerprint density at radius 3 is 1.50 bits per heavy atom. The van der Waals surface area contributed by atoms with Crippen molar-refractivity contribution >= 4 is 18.4 Å². The van der Waals surface area contributed by atoms with E-state index in [0.717, 1.165) is 19.4 Å². The van der Waals surface area contributed by atoms with Crippen LogP contribution in [0.5, 0.6) is 0 Å². The standard InChI is InChI=1S/C14H28O2.C5H14N2.ClH/c1-2-3-4-5-6-7-8-9-10-11-12-13-14(15)16;1-4-5-6-7(2)3;/h2-13H2,1H3,(H,15,16);6H,4-5H2,1-3H3;1H. The molecule has 0 amide bonds.